The van der Waals surface area contributed by atoms with E-state index in [0.29, 0.717) is 23.0 Å². The molecule has 1 saturated heterocycles. The summed E-state index contributed by atoms with van der Waals surface area (Å²) in [6.45, 7) is 6.61. The van der Waals surface area contributed by atoms with Crippen LogP contribution in [-0.2, 0) is 14.8 Å². The molecule has 0 N–H and O–H groups in total. The molecule has 2 aromatic rings. The van der Waals surface area contributed by atoms with Crippen LogP contribution >= 0.6 is 27.7 Å². The molecule has 37 heavy (non-hydrogen) atoms. The molecule has 198 valence electrons. The van der Waals surface area contributed by atoms with Crippen molar-refractivity contribution in [1.82, 2.24) is 4.90 Å². The Labute approximate surface area is 231 Å². The number of amides is 1. The molecular formula is C27H31BrN2O5S2. The van der Waals surface area contributed by atoms with E-state index in [4.69, 9.17) is 9.47 Å². The lowest BCUT2D eigenvalue weighted by molar-refractivity contribution is -0.121. The van der Waals surface area contributed by atoms with Crippen molar-refractivity contribution in [2.45, 2.75) is 43.9 Å². The Kier molecular flexibility index (Phi) is 10.8. The minimum Gasteiger partial charge on any atom is -0.493 e. The minimum atomic E-state index is -4.01. The number of hydrogen-bond acceptors (Lipinski definition) is 6. The number of carbonyl (C=O) groups is 1. The molecule has 2 aromatic carbocycles. The van der Waals surface area contributed by atoms with E-state index in [-0.39, 0.29) is 22.5 Å². The van der Waals surface area contributed by atoms with Crippen LogP contribution in [0, 0.1) is 0 Å². The third kappa shape index (κ3) is 7.96. The summed E-state index contributed by atoms with van der Waals surface area (Å²) in [6, 6.07) is 11.6. The normalized spacial score (nSPS) is 16.0. The summed E-state index contributed by atoms with van der Waals surface area (Å²) in [7, 11) is -2.44. The second kappa shape index (κ2) is 13.8. The van der Waals surface area contributed by atoms with Crippen LogP contribution in [-0.4, -0.2) is 44.7 Å². The Hall–Kier alpha value is -2.56. The van der Waals surface area contributed by atoms with Crippen LogP contribution in [0.5, 0.6) is 11.5 Å². The molecule has 0 saturated carbocycles. The van der Waals surface area contributed by atoms with Gasteiger partial charge in [-0.3, -0.25) is 9.69 Å². The second-order valence-corrected chi connectivity index (χ2v) is 11.8. The van der Waals surface area contributed by atoms with E-state index in [1.54, 1.807) is 31.4 Å². The highest BCUT2D eigenvalue weighted by Gasteiger charge is 2.34. The molecule has 1 aliphatic rings. The predicted molar refractivity (Wildman–Crippen MR) is 153 cm³/mol. The highest BCUT2D eigenvalue weighted by Crippen LogP contribution is 2.35. The average Bonchev–Trinajstić information content (AvgIpc) is 3.15. The van der Waals surface area contributed by atoms with Crippen LogP contribution < -0.4 is 9.47 Å². The molecule has 0 atom stereocenters. The number of hydrogen-bond donors (Lipinski definition) is 0. The third-order valence-electron chi connectivity index (χ3n) is 5.50. The van der Waals surface area contributed by atoms with Crippen LogP contribution in [0.4, 0.5) is 0 Å². The maximum atomic E-state index is 13.1. The summed E-state index contributed by atoms with van der Waals surface area (Å²) in [4.78, 5) is 14.8. The summed E-state index contributed by atoms with van der Waals surface area (Å²) < 4.78 is 41.9. The third-order valence-corrected chi connectivity index (χ3v) is 8.43. The van der Waals surface area contributed by atoms with Gasteiger partial charge in [0.05, 0.1) is 23.5 Å². The number of ether oxygens (including phenoxy) is 2. The highest BCUT2D eigenvalue weighted by molar-refractivity contribution is 9.10. The lowest BCUT2D eigenvalue weighted by atomic mass is 10.1. The molecule has 1 fully saturated rings. The van der Waals surface area contributed by atoms with E-state index in [0.717, 1.165) is 34.6 Å². The molecule has 7 nitrogen and oxygen atoms in total. The predicted octanol–water partition coefficient (Wildman–Crippen LogP) is 6.65. The molecule has 0 spiro atoms. The van der Waals surface area contributed by atoms with Crippen LogP contribution in [0.15, 0.2) is 73.8 Å². The van der Waals surface area contributed by atoms with Gasteiger partial charge < -0.3 is 9.47 Å². The number of methoxy groups -OCH3 is 1. The molecule has 0 aromatic heterocycles. The molecule has 0 radical (unpaired) electrons. The molecule has 1 aliphatic heterocycles. The van der Waals surface area contributed by atoms with Crippen LogP contribution in [0.1, 0.15) is 44.6 Å². The van der Waals surface area contributed by atoms with E-state index in [2.05, 4.69) is 33.8 Å². The van der Waals surface area contributed by atoms with Crippen LogP contribution in [0.2, 0.25) is 0 Å². The lowest BCUT2D eigenvalue weighted by Gasteiger charge is -2.12. The summed E-state index contributed by atoms with van der Waals surface area (Å²) in [5.74, 6) is 0.857. The van der Waals surface area contributed by atoms with Gasteiger partial charge in [0.1, 0.15) is 0 Å². The van der Waals surface area contributed by atoms with Gasteiger partial charge in [-0.15, -0.1) is 11.0 Å². The highest BCUT2D eigenvalue weighted by atomic mass is 79.9. The molecule has 10 heteroatoms. The number of unbranched alkanes of at least 4 members (excludes halogenated alkanes) is 4. The summed E-state index contributed by atoms with van der Waals surface area (Å²) in [6.07, 6.45) is 8.96. The molecule has 0 unspecified atom stereocenters. The monoisotopic (exact) mass is 606 g/mol. The summed E-state index contributed by atoms with van der Waals surface area (Å²) in [5, 5.41) is 0.0778. The molecule has 0 aliphatic carbocycles. The van der Waals surface area contributed by atoms with Gasteiger partial charge in [0, 0.05) is 11.0 Å². The minimum absolute atomic E-state index is 0.0397. The van der Waals surface area contributed by atoms with E-state index < -0.39 is 10.0 Å². The number of carbonyl (C=O) groups excluding carboxylic acids is 1. The molecular weight excluding hydrogens is 576 g/mol. The van der Waals surface area contributed by atoms with E-state index in [1.807, 2.05) is 12.1 Å². The van der Waals surface area contributed by atoms with Gasteiger partial charge in [-0.2, -0.15) is 8.42 Å². The van der Waals surface area contributed by atoms with E-state index in [1.165, 1.54) is 42.4 Å². The Balaban J connectivity index is 1.80. The lowest BCUT2D eigenvalue weighted by Crippen LogP contribution is -2.29. The number of rotatable bonds is 13. The van der Waals surface area contributed by atoms with Crippen molar-refractivity contribution in [2.75, 3.05) is 20.3 Å². The largest absolute Gasteiger partial charge is 0.493 e. The Morgan fingerprint density at radius 2 is 1.81 bits per heavy atom. The summed E-state index contributed by atoms with van der Waals surface area (Å²) in [5.41, 5.74) is 0.721. The SMILES string of the molecule is C=CCN1C(=O)/C(=C/c2ccc(OCCCCCCC)c(OC)c2)S/C1=N/S(=O)(=O)c1ccc(Br)cc1. The number of sulfonamides is 1. The fourth-order valence-corrected chi connectivity index (χ4v) is 6.01. The van der Waals surface area contributed by atoms with Gasteiger partial charge in [0.15, 0.2) is 16.7 Å². The molecule has 0 bridgehead atoms. The van der Waals surface area contributed by atoms with Crippen molar-refractivity contribution in [3.8, 4) is 11.5 Å². The second-order valence-electron chi connectivity index (χ2n) is 8.29. The van der Waals surface area contributed by atoms with Crippen molar-refractivity contribution >= 4 is 54.9 Å². The van der Waals surface area contributed by atoms with Gasteiger partial charge in [0.2, 0.25) is 0 Å². The number of halogens is 1. The molecule has 1 heterocycles. The standard InChI is InChI=1S/C27H31BrN2O5S2/c1-4-6-7-8-9-17-35-23-15-10-20(18-24(23)34-3)19-25-26(31)30(16-5-2)27(36-25)29-37(32,33)22-13-11-21(28)12-14-22/h5,10-15,18-19H,2,4,6-9,16-17H2,1,3H3/b25-19-,29-27+. The Bertz CT molecular complexity index is 1270. The fraction of sp³-hybridized carbons (Fsp3) is 0.333. The maximum Gasteiger partial charge on any atom is 0.284 e. The smallest absolute Gasteiger partial charge is 0.284 e. The van der Waals surface area contributed by atoms with Crippen molar-refractivity contribution in [2.24, 2.45) is 4.40 Å². The van der Waals surface area contributed by atoms with Gasteiger partial charge in [0.25, 0.3) is 15.9 Å². The first-order valence-electron chi connectivity index (χ1n) is 12.0. The fourth-order valence-electron chi connectivity index (χ4n) is 3.56. The Morgan fingerprint density at radius 1 is 1.08 bits per heavy atom. The molecule has 1 amide bonds. The van der Waals surface area contributed by atoms with Gasteiger partial charge in [-0.1, -0.05) is 60.7 Å². The molecule has 3 rings (SSSR count). The average molecular weight is 608 g/mol. The zero-order valence-corrected chi connectivity index (χ0v) is 24.2. The van der Waals surface area contributed by atoms with Crippen molar-refractivity contribution < 1.29 is 22.7 Å². The first kappa shape index (κ1) is 29.0. The number of benzene rings is 2. The Morgan fingerprint density at radius 3 is 2.49 bits per heavy atom. The van der Waals surface area contributed by atoms with Crippen molar-refractivity contribution in [1.29, 1.82) is 0 Å². The summed E-state index contributed by atoms with van der Waals surface area (Å²) >= 11 is 4.30. The van der Waals surface area contributed by atoms with Crippen LogP contribution in [0.25, 0.3) is 6.08 Å². The van der Waals surface area contributed by atoms with Crippen molar-refractivity contribution in [3.05, 3.63) is 70.1 Å². The quantitative estimate of drug-likeness (QED) is 0.144. The number of nitrogens with zero attached hydrogens (tertiary/aromatic N) is 2. The first-order valence-corrected chi connectivity index (χ1v) is 15.1. The van der Waals surface area contributed by atoms with Gasteiger partial charge >= 0.3 is 0 Å². The number of amidine groups is 1. The van der Waals surface area contributed by atoms with Gasteiger partial charge in [-0.25, -0.2) is 0 Å². The van der Waals surface area contributed by atoms with E-state index in [9.17, 15) is 13.2 Å². The van der Waals surface area contributed by atoms with Crippen molar-refractivity contribution in [3.63, 3.8) is 0 Å². The van der Waals surface area contributed by atoms with E-state index >= 15 is 0 Å². The van der Waals surface area contributed by atoms with Crippen LogP contribution in [0.3, 0.4) is 0 Å². The zero-order chi connectivity index (χ0) is 26.8. The maximum absolute atomic E-state index is 13.1. The zero-order valence-electron chi connectivity index (χ0n) is 21.0. The van der Waals surface area contributed by atoms with Gasteiger partial charge in [-0.05, 0) is 66.2 Å². The number of thioether (sulfide) groups is 1. The first-order chi connectivity index (χ1) is 17.8. The topological polar surface area (TPSA) is 85.3 Å².